The van der Waals surface area contributed by atoms with Crippen molar-refractivity contribution in [3.05, 3.63) is 36.2 Å². The number of aromatic nitrogens is 3. The SMILES string of the molecule is CCc1cc(N2CCN(C)CC2C(C)C)nc(-c2ccccn2)n1. The fraction of sp³-hybridized carbons (Fsp3) is 0.526. The van der Waals surface area contributed by atoms with Crippen molar-refractivity contribution in [1.82, 2.24) is 19.9 Å². The smallest absolute Gasteiger partial charge is 0.180 e. The normalized spacial score (nSPS) is 19.0. The minimum absolute atomic E-state index is 0.472. The summed E-state index contributed by atoms with van der Waals surface area (Å²) in [7, 11) is 2.20. The van der Waals surface area contributed by atoms with Crippen molar-refractivity contribution in [3.8, 4) is 11.5 Å². The zero-order valence-corrected chi connectivity index (χ0v) is 15.1. The molecule has 0 radical (unpaired) electrons. The molecule has 3 rings (SSSR count). The van der Waals surface area contributed by atoms with Crippen LogP contribution >= 0.6 is 0 Å². The zero-order chi connectivity index (χ0) is 17.1. The highest BCUT2D eigenvalue weighted by atomic mass is 15.3. The number of hydrogen-bond donors (Lipinski definition) is 0. The number of piperazine rings is 1. The third-order valence-electron chi connectivity index (χ3n) is 4.71. The standard InChI is InChI=1S/C19H27N5/c1-5-15-12-18(22-19(21-15)16-8-6-7-9-20-16)24-11-10-23(4)13-17(24)14(2)3/h6-9,12,14,17H,5,10-11,13H2,1-4H3. The number of hydrogen-bond acceptors (Lipinski definition) is 5. The van der Waals surface area contributed by atoms with Crippen LogP contribution < -0.4 is 4.90 Å². The number of aryl methyl sites for hydroxylation is 1. The predicted molar refractivity (Wildman–Crippen MR) is 98.1 cm³/mol. The van der Waals surface area contributed by atoms with Gasteiger partial charge in [-0.2, -0.15) is 0 Å². The van der Waals surface area contributed by atoms with E-state index in [2.05, 4.69) is 48.7 Å². The number of nitrogens with zero attached hydrogens (tertiary/aromatic N) is 5. The van der Waals surface area contributed by atoms with Gasteiger partial charge < -0.3 is 9.80 Å². The summed E-state index contributed by atoms with van der Waals surface area (Å²) in [6.07, 6.45) is 2.69. The highest BCUT2D eigenvalue weighted by Crippen LogP contribution is 2.25. The van der Waals surface area contributed by atoms with Gasteiger partial charge in [-0.1, -0.05) is 26.8 Å². The van der Waals surface area contributed by atoms with E-state index in [0.29, 0.717) is 12.0 Å². The first kappa shape index (κ1) is 16.8. The van der Waals surface area contributed by atoms with E-state index in [9.17, 15) is 0 Å². The zero-order valence-electron chi connectivity index (χ0n) is 15.1. The fourth-order valence-electron chi connectivity index (χ4n) is 3.23. The Kier molecular flexibility index (Phi) is 5.09. The topological polar surface area (TPSA) is 45.2 Å². The highest BCUT2D eigenvalue weighted by Gasteiger charge is 2.29. The summed E-state index contributed by atoms with van der Waals surface area (Å²) in [6, 6.07) is 8.50. The Balaban J connectivity index is 2.00. The molecule has 3 heterocycles. The Morgan fingerprint density at radius 3 is 2.71 bits per heavy atom. The van der Waals surface area contributed by atoms with Gasteiger partial charge in [-0.3, -0.25) is 4.98 Å². The van der Waals surface area contributed by atoms with E-state index in [4.69, 9.17) is 9.97 Å². The summed E-state index contributed by atoms with van der Waals surface area (Å²) < 4.78 is 0. The molecule has 0 spiro atoms. The first-order chi connectivity index (χ1) is 11.6. The lowest BCUT2D eigenvalue weighted by atomic mass is 9.99. The van der Waals surface area contributed by atoms with E-state index in [0.717, 1.165) is 49.1 Å². The third kappa shape index (κ3) is 3.56. The molecule has 5 heteroatoms. The van der Waals surface area contributed by atoms with Crippen molar-refractivity contribution in [2.45, 2.75) is 33.2 Å². The monoisotopic (exact) mass is 325 g/mol. The second-order valence-corrected chi connectivity index (χ2v) is 6.88. The first-order valence-corrected chi connectivity index (χ1v) is 8.83. The molecule has 0 N–H and O–H groups in total. The predicted octanol–water partition coefficient (Wildman–Crippen LogP) is 2.88. The summed E-state index contributed by atoms with van der Waals surface area (Å²) >= 11 is 0. The van der Waals surface area contributed by atoms with E-state index in [1.807, 2.05) is 18.2 Å². The van der Waals surface area contributed by atoms with Gasteiger partial charge in [0.25, 0.3) is 0 Å². The Hall–Kier alpha value is -2.01. The Labute approximate surface area is 144 Å². The molecular weight excluding hydrogens is 298 g/mol. The molecule has 24 heavy (non-hydrogen) atoms. The van der Waals surface area contributed by atoms with Crippen molar-refractivity contribution in [2.75, 3.05) is 31.6 Å². The lowest BCUT2D eigenvalue weighted by Crippen LogP contribution is -2.54. The van der Waals surface area contributed by atoms with E-state index in [1.165, 1.54) is 0 Å². The molecule has 1 saturated heterocycles. The summed E-state index contributed by atoms with van der Waals surface area (Å²) in [5.74, 6) is 2.34. The molecule has 1 fully saturated rings. The van der Waals surface area contributed by atoms with Crippen LogP contribution in [0.15, 0.2) is 30.5 Å². The number of pyridine rings is 1. The van der Waals surface area contributed by atoms with Crippen LogP contribution in [0.2, 0.25) is 0 Å². The van der Waals surface area contributed by atoms with Crippen LogP contribution in [-0.2, 0) is 6.42 Å². The molecule has 2 aromatic rings. The van der Waals surface area contributed by atoms with Crippen LogP contribution in [0.4, 0.5) is 5.82 Å². The van der Waals surface area contributed by atoms with Crippen LogP contribution in [-0.4, -0.2) is 52.6 Å². The van der Waals surface area contributed by atoms with Crippen LogP contribution in [0.3, 0.4) is 0 Å². The van der Waals surface area contributed by atoms with Crippen molar-refractivity contribution in [2.24, 2.45) is 5.92 Å². The van der Waals surface area contributed by atoms with Gasteiger partial charge in [0.2, 0.25) is 0 Å². The molecule has 1 aliphatic heterocycles. The lowest BCUT2D eigenvalue weighted by molar-refractivity contribution is 0.236. The average Bonchev–Trinajstić information content (AvgIpc) is 2.62. The number of rotatable bonds is 4. The summed E-state index contributed by atoms with van der Waals surface area (Å²) in [5.41, 5.74) is 1.91. The molecule has 0 amide bonds. The molecular formula is C19H27N5. The summed E-state index contributed by atoms with van der Waals surface area (Å²) in [5, 5.41) is 0. The summed E-state index contributed by atoms with van der Waals surface area (Å²) in [6.45, 7) is 9.85. The number of likely N-dealkylation sites (N-methyl/N-ethyl adjacent to an activating group) is 1. The lowest BCUT2D eigenvalue weighted by Gasteiger charge is -2.43. The van der Waals surface area contributed by atoms with Gasteiger partial charge in [0.1, 0.15) is 11.5 Å². The second-order valence-electron chi connectivity index (χ2n) is 6.88. The van der Waals surface area contributed by atoms with Gasteiger partial charge in [-0.25, -0.2) is 9.97 Å². The van der Waals surface area contributed by atoms with Crippen molar-refractivity contribution in [3.63, 3.8) is 0 Å². The molecule has 0 aromatic carbocycles. The minimum atomic E-state index is 0.472. The Bertz CT molecular complexity index is 671. The number of anilines is 1. The largest absolute Gasteiger partial charge is 0.351 e. The van der Waals surface area contributed by atoms with Gasteiger partial charge in [0, 0.05) is 43.6 Å². The Morgan fingerprint density at radius 2 is 2.04 bits per heavy atom. The van der Waals surface area contributed by atoms with Gasteiger partial charge in [-0.15, -0.1) is 0 Å². The van der Waals surface area contributed by atoms with Crippen molar-refractivity contribution < 1.29 is 0 Å². The molecule has 0 saturated carbocycles. The van der Waals surface area contributed by atoms with E-state index < -0.39 is 0 Å². The quantitative estimate of drug-likeness (QED) is 0.865. The van der Waals surface area contributed by atoms with Crippen LogP contribution in [0, 0.1) is 5.92 Å². The molecule has 0 aliphatic carbocycles. The maximum absolute atomic E-state index is 4.87. The van der Waals surface area contributed by atoms with Crippen LogP contribution in [0.25, 0.3) is 11.5 Å². The van der Waals surface area contributed by atoms with Gasteiger partial charge in [0.15, 0.2) is 5.82 Å². The molecule has 1 unspecified atom stereocenters. The van der Waals surface area contributed by atoms with Gasteiger partial charge >= 0.3 is 0 Å². The molecule has 5 nitrogen and oxygen atoms in total. The Morgan fingerprint density at radius 1 is 1.21 bits per heavy atom. The highest BCUT2D eigenvalue weighted by molar-refractivity contribution is 5.54. The van der Waals surface area contributed by atoms with E-state index in [1.54, 1.807) is 6.20 Å². The fourth-order valence-corrected chi connectivity index (χ4v) is 3.23. The average molecular weight is 325 g/mol. The van der Waals surface area contributed by atoms with Crippen LogP contribution in [0.5, 0.6) is 0 Å². The molecule has 0 bridgehead atoms. The molecule has 1 aliphatic rings. The second kappa shape index (κ2) is 7.26. The van der Waals surface area contributed by atoms with E-state index in [-0.39, 0.29) is 0 Å². The summed E-state index contributed by atoms with van der Waals surface area (Å²) in [4.78, 5) is 18.8. The first-order valence-electron chi connectivity index (χ1n) is 8.83. The molecule has 128 valence electrons. The van der Waals surface area contributed by atoms with Crippen molar-refractivity contribution in [1.29, 1.82) is 0 Å². The third-order valence-corrected chi connectivity index (χ3v) is 4.71. The van der Waals surface area contributed by atoms with Crippen LogP contribution in [0.1, 0.15) is 26.5 Å². The maximum Gasteiger partial charge on any atom is 0.180 e. The maximum atomic E-state index is 4.87. The van der Waals surface area contributed by atoms with Crippen molar-refractivity contribution >= 4 is 5.82 Å². The molecule has 2 aromatic heterocycles. The van der Waals surface area contributed by atoms with E-state index >= 15 is 0 Å². The molecule has 1 atom stereocenters. The van der Waals surface area contributed by atoms with Gasteiger partial charge in [-0.05, 0) is 31.5 Å². The van der Waals surface area contributed by atoms with Gasteiger partial charge in [0.05, 0.1) is 0 Å². The minimum Gasteiger partial charge on any atom is -0.351 e.